The summed E-state index contributed by atoms with van der Waals surface area (Å²) in [6, 6.07) is 10.9. The van der Waals surface area contributed by atoms with E-state index in [4.69, 9.17) is 4.74 Å². The second-order valence-corrected chi connectivity index (χ2v) is 7.70. The summed E-state index contributed by atoms with van der Waals surface area (Å²) in [5, 5.41) is 0. The summed E-state index contributed by atoms with van der Waals surface area (Å²) in [6.45, 7) is 6.92. The summed E-state index contributed by atoms with van der Waals surface area (Å²) >= 11 is 0. The minimum atomic E-state index is -0.355. The van der Waals surface area contributed by atoms with Crippen molar-refractivity contribution in [2.75, 3.05) is 44.2 Å². The molecule has 1 aromatic carbocycles. The summed E-state index contributed by atoms with van der Waals surface area (Å²) in [5.41, 5.74) is 1.90. The van der Waals surface area contributed by atoms with Crippen LogP contribution in [0.25, 0.3) is 0 Å². The van der Waals surface area contributed by atoms with Gasteiger partial charge in [0.2, 0.25) is 5.91 Å². The Morgan fingerprint density at radius 3 is 2.37 bits per heavy atom. The molecule has 0 spiro atoms. The first-order chi connectivity index (χ1) is 14.7. The normalized spacial score (nSPS) is 20.7. The van der Waals surface area contributed by atoms with E-state index in [9.17, 15) is 9.59 Å². The molecule has 0 N–H and O–H groups in total. The number of carbonyl (C=O) groups is 2. The van der Waals surface area contributed by atoms with Gasteiger partial charge in [0.1, 0.15) is 5.75 Å². The monoisotopic (exact) mass is 408 g/mol. The molecule has 158 valence electrons. The summed E-state index contributed by atoms with van der Waals surface area (Å²) in [5.74, 6) is 0.489. The van der Waals surface area contributed by atoms with E-state index in [1.807, 2.05) is 19.3 Å². The minimum absolute atomic E-state index is 0.116. The number of pyridine rings is 1. The zero-order valence-corrected chi connectivity index (χ0v) is 17.4. The first kappa shape index (κ1) is 20.5. The molecule has 2 saturated heterocycles. The van der Waals surface area contributed by atoms with E-state index >= 15 is 0 Å². The van der Waals surface area contributed by atoms with Crippen LogP contribution in [-0.2, 0) is 16.0 Å². The topological polar surface area (TPSA) is 66.0 Å². The van der Waals surface area contributed by atoms with Gasteiger partial charge in [-0.25, -0.2) is 4.90 Å². The van der Waals surface area contributed by atoms with Crippen molar-refractivity contribution in [2.24, 2.45) is 0 Å². The summed E-state index contributed by atoms with van der Waals surface area (Å²) in [7, 11) is 0. The zero-order chi connectivity index (χ0) is 20.9. The maximum atomic E-state index is 13.0. The highest BCUT2D eigenvalue weighted by Gasteiger charge is 2.43. The number of aromatic nitrogens is 1. The van der Waals surface area contributed by atoms with Gasteiger partial charge >= 0.3 is 0 Å². The fraction of sp³-hybridized carbons (Fsp3) is 0.435. The SMILES string of the molecule is CCOc1ccc(N2C(=O)C[C@@H](N3CCN(CCc4ccncc4)CC3)C2=O)cc1. The molecule has 0 radical (unpaired) electrons. The third kappa shape index (κ3) is 4.52. The molecule has 1 aromatic heterocycles. The summed E-state index contributed by atoms with van der Waals surface area (Å²) in [6.07, 6.45) is 4.90. The van der Waals surface area contributed by atoms with Crippen LogP contribution in [0.5, 0.6) is 5.75 Å². The van der Waals surface area contributed by atoms with Gasteiger partial charge in [0.25, 0.3) is 5.91 Å². The number of nitrogens with zero attached hydrogens (tertiary/aromatic N) is 4. The molecule has 0 saturated carbocycles. The number of benzene rings is 1. The van der Waals surface area contributed by atoms with Crippen molar-refractivity contribution in [1.82, 2.24) is 14.8 Å². The van der Waals surface area contributed by atoms with E-state index < -0.39 is 0 Å². The molecule has 2 fully saturated rings. The number of imide groups is 1. The number of amides is 2. The lowest BCUT2D eigenvalue weighted by Crippen LogP contribution is -2.52. The van der Waals surface area contributed by atoms with Gasteiger partial charge in [0.05, 0.1) is 24.8 Å². The van der Waals surface area contributed by atoms with Gasteiger partial charge in [-0.15, -0.1) is 0 Å². The highest BCUT2D eigenvalue weighted by molar-refractivity contribution is 6.22. The van der Waals surface area contributed by atoms with Crippen LogP contribution in [0.2, 0.25) is 0 Å². The number of hydrogen-bond acceptors (Lipinski definition) is 6. The Balaban J connectivity index is 1.32. The third-order valence-corrected chi connectivity index (χ3v) is 5.84. The molecular formula is C23H28N4O3. The molecule has 0 aliphatic carbocycles. The van der Waals surface area contributed by atoms with Gasteiger partial charge in [-0.3, -0.25) is 19.5 Å². The zero-order valence-electron chi connectivity index (χ0n) is 17.4. The van der Waals surface area contributed by atoms with Crippen molar-refractivity contribution in [3.05, 3.63) is 54.4 Å². The average molecular weight is 409 g/mol. The number of rotatable bonds is 7. The van der Waals surface area contributed by atoms with E-state index in [1.54, 1.807) is 24.3 Å². The molecule has 30 heavy (non-hydrogen) atoms. The summed E-state index contributed by atoms with van der Waals surface area (Å²) < 4.78 is 5.45. The Hall–Kier alpha value is -2.77. The van der Waals surface area contributed by atoms with Crippen LogP contribution in [0.4, 0.5) is 5.69 Å². The average Bonchev–Trinajstić information content (AvgIpc) is 3.08. The van der Waals surface area contributed by atoms with Crippen molar-refractivity contribution in [2.45, 2.75) is 25.8 Å². The predicted molar refractivity (Wildman–Crippen MR) is 114 cm³/mol. The van der Waals surface area contributed by atoms with Gasteiger partial charge in [-0.05, 0) is 55.3 Å². The molecule has 7 nitrogen and oxygen atoms in total. The Morgan fingerprint density at radius 2 is 1.70 bits per heavy atom. The molecule has 2 aliphatic heterocycles. The van der Waals surface area contributed by atoms with Crippen molar-refractivity contribution in [3.63, 3.8) is 0 Å². The van der Waals surface area contributed by atoms with Gasteiger partial charge in [0.15, 0.2) is 0 Å². The first-order valence-corrected chi connectivity index (χ1v) is 10.6. The molecule has 7 heteroatoms. The number of hydrogen-bond donors (Lipinski definition) is 0. The number of anilines is 1. The van der Waals surface area contributed by atoms with Crippen LogP contribution in [0.1, 0.15) is 18.9 Å². The van der Waals surface area contributed by atoms with E-state index in [0.717, 1.165) is 44.9 Å². The second kappa shape index (κ2) is 9.36. The predicted octanol–water partition coefficient (Wildman–Crippen LogP) is 1.97. The van der Waals surface area contributed by atoms with Crippen LogP contribution < -0.4 is 9.64 Å². The van der Waals surface area contributed by atoms with E-state index in [-0.39, 0.29) is 24.3 Å². The van der Waals surface area contributed by atoms with Gasteiger partial charge in [-0.2, -0.15) is 0 Å². The molecule has 1 atom stereocenters. The Morgan fingerprint density at radius 1 is 1.00 bits per heavy atom. The van der Waals surface area contributed by atoms with Crippen molar-refractivity contribution in [1.29, 1.82) is 0 Å². The standard InChI is InChI=1S/C23H28N4O3/c1-2-30-20-5-3-19(4-6-20)27-22(28)17-21(23(27)29)26-15-13-25(14-16-26)12-9-18-7-10-24-11-8-18/h3-8,10-11,21H,2,9,12-17H2,1H3/t21-/m1/s1. The Bertz CT molecular complexity index is 864. The molecule has 2 aliphatic rings. The lowest BCUT2D eigenvalue weighted by Gasteiger charge is -2.37. The van der Waals surface area contributed by atoms with E-state index in [0.29, 0.717) is 12.3 Å². The maximum Gasteiger partial charge on any atom is 0.251 e. The quantitative estimate of drug-likeness (QED) is 0.653. The molecule has 2 amide bonds. The lowest BCUT2D eigenvalue weighted by atomic mass is 10.1. The molecule has 2 aromatic rings. The Kier molecular flexibility index (Phi) is 6.40. The molecule has 4 rings (SSSR count). The van der Waals surface area contributed by atoms with Gasteiger partial charge < -0.3 is 9.64 Å². The van der Waals surface area contributed by atoms with Gasteiger partial charge in [-0.1, -0.05) is 0 Å². The van der Waals surface area contributed by atoms with Crippen molar-refractivity contribution < 1.29 is 14.3 Å². The number of ether oxygens (including phenoxy) is 1. The van der Waals surface area contributed by atoms with E-state index in [2.05, 4.69) is 26.9 Å². The number of carbonyl (C=O) groups excluding carboxylic acids is 2. The Labute approximate surface area is 177 Å². The second-order valence-electron chi connectivity index (χ2n) is 7.70. The van der Waals surface area contributed by atoms with Crippen molar-refractivity contribution in [3.8, 4) is 5.75 Å². The summed E-state index contributed by atoms with van der Waals surface area (Å²) in [4.78, 5) is 35.6. The van der Waals surface area contributed by atoms with Crippen LogP contribution in [-0.4, -0.2) is 72.0 Å². The fourth-order valence-electron chi connectivity index (χ4n) is 4.17. The lowest BCUT2D eigenvalue weighted by molar-refractivity contribution is -0.123. The first-order valence-electron chi connectivity index (χ1n) is 10.6. The van der Waals surface area contributed by atoms with Crippen molar-refractivity contribution >= 4 is 17.5 Å². The smallest absolute Gasteiger partial charge is 0.251 e. The third-order valence-electron chi connectivity index (χ3n) is 5.84. The highest BCUT2D eigenvalue weighted by Crippen LogP contribution is 2.28. The largest absolute Gasteiger partial charge is 0.494 e. The van der Waals surface area contributed by atoms with Crippen LogP contribution in [0.15, 0.2) is 48.8 Å². The molecule has 0 unspecified atom stereocenters. The number of piperazine rings is 1. The highest BCUT2D eigenvalue weighted by atomic mass is 16.5. The fourth-order valence-corrected chi connectivity index (χ4v) is 4.17. The van der Waals surface area contributed by atoms with Gasteiger partial charge in [0, 0.05) is 45.1 Å². The van der Waals surface area contributed by atoms with Crippen LogP contribution in [0, 0.1) is 0 Å². The molecule has 0 bridgehead atoms. The van der Waals surface area contributed by atoms with Crippen LogP contribution in [0.3, 0.4) is 0 Å². The molecule has 3 heterocycles. The molecular weight excluding hydrogens is 380 g/mol. The maximum absolute atomic E-state index is 13.0. The van der Waals surface area contributed by atoms with Crippen LogP contribution >= 0.6 is 0 Å². The van der Waals surface area contributed by atoms with E-state index in [1.165, 1.54) is 10.5 Å². The minimum Gasteiger partial charge on any atom is -0.494 e.